The zero-order chi connectivity index (χ0) is 20.3. The molecule has 0 spiro atoms. The maximum Gasteiger partial charge on any atom is 0.295 e. The summed E-state index contributed by atoms with van der Waals surface area (Å²) in [5.74, 6) is -2.39. The number of amides is 1. The Morgan fingerprint density at radius 1 is 1.18 bits per heavy atom. The summed E-state index contributed by atoms with van der Waals surface area (Å²) >= 11 is 1.41. The number of nitrogens with one attached hydrogen (secondary N) is 1. The minimum atomic E-state index is -0.762. The molecular formula is C21H23FN2O3S. The van der Waals surface area contributed by atoms with E-state index in [1.54, 1.807) is 0 Å². The molecule has 1 N–H and O–H groups in total. The molecule has 1 unspecified atom stereocenters. The van der Waals surface area contributed by atoms with Gasteiger partial charge in [-0.3, -0.25) is 9.59 Å². The summed E-state index contributed by atoms with van der Waals surface area (Å²) in [5, 5.41) is 14.9. The van der Waals surface area contributed by atoms with E-state index >= 15 is 0 Å². The lowest BCUT2D eigenvalue weighted by molar-refractivity contribution is -0.895. The molecule has 1 aromatic carbocycles. The Balaban J connectivity index is 2.03. The van der Waals surface area contributed by atoms with Gasteiger partial charge in [-0.15, -0.1) is 11.3 Å². The van der Waals surface area contributed by atoms with Gasteiger partial charge in [0.15, 0.2) is 0 Å². The average Bonchev–Trinajstić information content (AvgIpc) is 3.31. The van der Waals surface area contributed by atoms with Crippen molar-refractivity contribution in [2.45, 2.75) is 19.9 Å². The Labute approximate surface area is 167 Å². The van der Waals surface area contributed by atoms with E-state index in [0.29, 0.717) is 13.1 Å². The second kappa shape index (κ2) is 8.67. The van der Waals surface area contributed by atoms with Crippen LogP contribution in [0.1, 0.15) is 30.3 Å². The first-order valence-corrected chi connectivity index (χ1v) is 10.2. The van der Waals surface area contributed by atoms with Crippen LogP contribution < -0.4 is 10.0 Å². The fourth-order valence-corrected chi connectivity index (χ4v) is 4.33. The van der Waals surface area contributed by atoms with E-state index in [1.807, 2.05) is 17.5 Å². The van der Waals surface area contributed by atoms with Crippen LogP contribution in [-0.4, -0.2) is 42.8 Å². The van der Waals surface area contributed by atoms with Gasteiger partial charge in [0.2, 0.25) is 5.78 Å². The molecule has 7 heteroatoms. The monoisotopic (exact) mass is 402 g/mol. The maximum atomic E-state index is 13.2. The number of ketones is 1. The third-order valence-corrected chi connectivity index (χ3v) is 6.08. The Morgan fingerprint density at radius 3 is 2.43 bits per heavy atom. The molecule has 0 radical (unpaired) electrons. The number of hydrogen-bond acceptors (Lipinski definition) is 4. The average molecular weight is 402 g/mol. The highest BCUT2D eigenvalue weighted by molar-refractivity contribution is 7.10. The van der Waals surface area contributed by atoms with Crippen LogP contribution in [0, 0.1) is 5.82 Å². The third-order valence-electron chi connectivity index (χ3n) is 5.15. The smallest absolute Gasteiger partial charge is 0.295 e. The van der Waals surface area contributed by atoms with Crippen LogP contribution in [0.4, 0.5) is 4.39 Å². The van der Waals surface area contributed by atoms with E-state index < -0.39 is 29.3 Å². The van der Waals surface area contributed by atoms with Crippen LogP contribution in [-0.2, 0) is 9.59 Å². The summed E-state index contributed by atoms with van der Waals surface area (Å²) in [6.07, 6.45) is 0. The molecule has 1 aliphatic rings. The topological polar surface area (TPSA) is 64.9 Å². The van der Waals surface area contributed by atoms with Gasteiger partial charge in [0.05, 0.1) is 32.2 Å². The predicted octanol–water partition coefficient (Wildman–Crippen LogP) is 1.04. The van der Waals surface area contributed by atoms with Crippen molar-refractivity contribution in [2.24, 2.45) is 0 Å². The van der Waals surface area contributed by atoms with Gasteiger partial charge in [-0.25, -0.2) is 4.39 Å². The number of likely N-dealkylation sites (N-methyl/N-ethyl adjacent to an activating group) is 1. The largest absolute Gasteiger partial charge is 0.872 e. The predicted molar refractivity (Wildman–Crippen MR) is 104 cm³/mol. The van der Waals surface area contributed by atoms with E-state index in [0.717, 1.165) is 18.0 Å². The number of carbonyl (C=O) groups is 2. The van der Waals surface area contributed by atoms with Crippen molar-refractivity contribution >= 4 is 28.8 Å². The number of thiophene rings is 1. The number of benzene rings is 1. The van der Waals surface area contributed by atoms with Crippen LogP contribution in [0.15, 0.2) is 47.4 Å². The molecular weight excluding hydrogens is 379 g/mol. The standard InChI is InChI=1S/C21H23FN2O3S/c1-3-23(4-2)11-12-24-18(16-6-5-13-28-16)17(20(26)21(24)27)19(25)14-7-9-15(22)10-8-14/h5-10,13,18,25H,3-4,11-12H2,1-2H3/b19-17+. The van der Waals surface area contributed by atoms with E-state index in [4.69, 9.17) is 0 Å². The lowest BCUT2D eigenvalue weighted by Crippen LogP contribution is -3.12. The number of likely N-dealkylation sites (tertiary alicyclic amines) is 1. The zero-order valence-electron chi connectivity index (χ0n) is 15.9. The van der Waals surface area contributed by atoms with Crippen LogP contribution in [0.2, 0.25) is 0 Å². The first kappa shape index (κ1) is 20.2. The summed E-state index contributed by atoms with van der Waals surface area (Å²) in [6, 6.07) is 8.02. The fraction of sp³-hybridized carbons (Fsp3) is 0.333. The molecule has 1 aliphatic heterocycles. The SMILES string of the molecule is CC[NH+](CC)CCN1C(=O)C(=O)/C(=C(/[O-])c2ccc(F)cc2)C1c1cccs1. The molecule has 1 atom stereocenters. The van der Waals surface area contributed by atoms with Gasteiger partial charge in [0.1, 0.15) is 5.82 Å². The van der Waals surface area contributed by atoms with E-state index in [9.17, 15) is 19.1 Å². The molecule has 148 valence electrons. The number of hydrogen-bond donors (Lipinski definition) is 1. The van der Waals surface area contributed by atoms with Crippen molar-refractivity contribution in [1.29, 1.82) is 0 Å². The number of nitrogens with zero attached hydrogens (tertiary/aromatic N) is 1. The molecule has 1 amide bonds. The Morgan fingerprint density at radius 2 is 1.86 bits per heavy atom. The van der Waals surface area contributed by atoms with Gasteiger partial charge < -0.3 is 14.9 Å². The van der Waals surface area contributed by atoms with E-state index in [2.05, 4.69) is 13.8 Å². The molecule has 1 saturated heterocycles. The molecule has 1 aromatic heterocycles. The molecule has 2 heterocycles. The summed E-state index contributed by atoms with van der Waals surface area (Å²) in [4.78, 5) is 29.1. The molecule has 0 saturated carbocycles. The van der Waals surface area contributed by atoms with Crippen molar-refractivity contribution in [3.05, 3.63) is 63.6 Å². The number of rotatable bonds is 7. The number of halogens is 1. The molecule has 0 bridgehead atoms. The Kier molecular flexibility index (Phi) is 6.26. The van der Waals surface area contributed by atoms with Crippen molar-refractivity contribution in [1.82, 2.24) is 4.90 Å². The molecule has 5 nitrogen and oxygen atoms in total. The minimum Gasteiger partial charge on any atom is -0.872 e. The van der Waals surface area contributed by atoms with Gasteiger partial charge >= 0.3 is 0 Å². The fourth-order valence-electron chi connectivity index (χ4n) is 3.48. The second-order valence-electron chi connectivity index (χ2n) is 6.70. The summed E-state index contributed by atoms with van der Waals surface area (Å²) in [7, 11) is 0. The highest BCUT2D eigenvalue weighted by Crippen LogP contribution is 2.40. The van der Waals surface area contributed by atoms with Crippen molar-refractivity contribution in [3.8, 4) is 0 Å². The first-order valence-electron chi connectivity index (χ1n) is 9.37. The lowest BCUT2D eigenvalue weighted by Gasteiger charge is -2.27. The summed E-state index contributed by atoms with van der Waals surface area (Å²) in [5.41, 5.74) is 0.156. The van der Waals surface area contributed by atoms with E-state index in [1.165, 1.54) is 45.4 Å². The van der Waals surface area contributed by atoms with Gasteiger partial charge in [-0.1, -0.05) is 24.0 Å². The van der Waals surface area contributed by atoms with Crippen LogP contribution in [0.5, 0.6) is 0 Å². The van der Waals surface area contributed by atoms with Crippen LogP contribution >= 0.6 is 11.3 Å². The highest BCUT2D eigenvalue weighted by Gasteiger charge is 2.44. The van der Waals surface area contributed by atoms with Gasteiger partial charge in [0.25, 0.3) is 5.91 Å². The quantitative estimate of drug-likeness (QED) is 0.428. The second-order valence-corrected chi connectivity index (χ2v) is 7.68. The van der Waals surface area contributed by atoms with Crippen LogP contribution in [0.25, 0.3) is 5.76 Å². The molecule has 28 heavy (non-hydrogen) atoms. The normalized spacial score (nSPS) is 19.0. The lowest BCUT2D eigenvalue weighted by atomic mass is 10.00. The zero-order valence-corrected chi connectivity index (χ0v) is 16.7. The molecule has 2 aromatic rings. The number of Topliss-reactive ketones (excluding diaryl/α,β-unsaturated/α-hetero) is 1. The highest BCUT2D eigenvalue weighted by atomic mass is 32.1. The van der Waals surface area contributed by atoms with Crippen molar-refractivity contribution in [2.75, 3.05) is 26.2 Å². The van der Waals surface area contributed by atoms with Crippen molar-refractivity contribution in [3.63, 3.8) is 0 Å². The van der Waals surface area contributed by atoms with Crippen LogP contribution in [0.3, 0.4) is 0 Å². The maximum absolute atomic E-state index is 13.2. The Hall–Kier alpha value is -2.51. The third kappa shape index (κ3) is 3.86. The Bertz CT molecular complexity index is 874. The minimum absolute atomic E-state index is 0.0476. The van der Waals surface area contributed by atoms with Gasteiger partial charge in [-0.05, 0) is 43.0 Å². The number of carbonyl (C=O) groups excluding carboxylic acids is 2. The summed E-state index contributed by atoms with van der Waals surface area (Å²) in [6.45, 7) is 7.07. The van der Waals surface area contributed by atoms with Gasteiger partial charge in [-0.2, -0.15) is 0 Å². The number of quaternary nitrogens is 1. The summed E-state index contributed by atoms with van der Waals surface area (Å²) < 4.78 is 13.2. The molecule has 0 aliphatic carbocycles. The van der Waals surface area contributed by atoms with Gasteiger partial charge in [0, 0.05) is 10.5 Å². The van der Waals surface area contributed by atoms with E-state index in [-0.39, 0.29) is 11.1 Å². The first-order chi connectivity index (χ1) is 13.5. The molecule has 1 fully saturated rings. The van der Waals surface area contributed by atoms with Crippen molar-refractivity contribution < 1.29 is 24.0 Å². The molecule has 3 rings (SSSR count).